The summed E-state index contributed by atoms with van der Waals surface area (Å²) in [6, 6.07) is 5.38. The SMILES string of the molecule is NC1CC2CC(C1)N(S(=O)(=O)c1ccccc1[N+](=O)[O-])C2. The molecule has 8 heteroatoms. The van der Waals surface area contributed by atoms with Gasteiger partial charge in [-0.1, -0.05) is 12.1 Å². The fourth-order valence-electron chi connectivity index (χ4n) is 3.49. The van der Waals surface area contributed by atoms with E-state index < -0.39 is 14.9 Å². The van der Waals surface area contributed by atoms with E-state index in [4.69, 9.17) is 5.73 Å². The van der Waals surface area contributed by atoms with Gasteiger partial charge in [0.05, 0.1) is 4.92 Å². The van der Waals surface area contributed by atoms with E-state index in [9.17, 15) is 18.5 Å². The molecule has 0 radical (unpaired) electrons. The Morgan fingerprint density at radius 1 is 1.24 bits per heavy atom. The molecule has 3 rings (SSSR count). The van der Waals surface area contributed by atoms with Crippen LogP contribution in [0.2, 0.25) is 0 Å². The predicted molar refractivity (Wildman–Crippen MR) is 76.1 cm³/mol. The summed E-state index contributed by atoms with van der Waals surface area (Å²) in [5.74, 6) is 0.260. The first-order chi connectivity index (χ1) is 9.89. The van der Waals surface area contributed by atoms with Gasteiger partial charge in [-0.2, -0.15) is 4.31 Å². The number of fused-ring (bicyclic) bond motifs is 2. The van der Waals surface area contributed by atoms with E-state index in [0.717, 1.165) is 12.8 Å². The Bertz CT molecular complexity index is 676. The van der Waals surface area contributed by atoms with E-state index >= 15 is 0 Å². The van der Waals surface area contributed by atoms with Crippen LogP contribution in [0.5, 0.6) is 0 Å². The van der Waals surface area contributed by atoms with Crippen molar-refractivity contribution in [3.63, 3.8) is 0 Å². The maximum Gasteiger partial charge on any atom is 0.289 e. The molecular weight excluding hydrogens is 294 g/mol. The summed E-state index contributed by atoms with van der Waals surface area (Å²) in [6.45, 7) is 0.409. The molecule has 2 aliphatic rings. The number of nitrogens with zero attached hydrogens (tertiary/aromatic N) is 2. The first kappa shape index (κ1) is 14.4. The normalized spacial score (nSPS) is 29.5. The van der Waals surface area contributed by atoms with Crippen molar-refractivity contribution in [1.29, 1.82) is 0 Å². The van der Waals surface area contributed by atoms with Crippen LogP contribution in [0.25, 0.3) is 0 Å². The second kappa shape index (κ2) is 5.04. The molecule has 0 spiro atoms. The Morgan fingerprint density at radius 3 is 2.67 bits per heavy atom. The summed E-state index contributed by atoms with van der Waals surface area (Å²) in [6.07, 6.45) is 2.24. The molecule has 1 aliphatic carbocycles. The van der Waals surface area contributed by atoms with Crippen LogP contribution in [-0.4, -0.2) is 36.3 Å². The van der Waals surface area contributed by atoms with Gasteiger partial charge in [-0.25, -0.2) is 8.42 Å². The molecule has 0 amide bonds. The van der Waals surface area contributed by atoms with E-state index in [-0.39, 0.29) is 28.6 Å². The average Bonchev–Trinajstić information content (AvgIpc) is 2.74. The number of benzene rings is 1. The van der Waals surface area contributed by atoms with Crippen molar-refractivity contribution in [2.24, 2.45) is 11.7 Å². The number of nitro benzene ring substituents is 1. The highest BCUT2D eigenvalue weighted by molar-refractivity contribution is 7.89. The van der Waals surface area contributed by atoms with Crippen LogP contribution >= 0.6 is 0 Å². The number of nitro groups is 1. The van der Waals surface area contributed by atoms with Crippen LogP contribution in [0.15, 0.2) is 29.2 Å². The molecule has 1 heterocycles. The number of para-hydroxylation sites is 1. The zero-order valence-corrected chi connectivity index (χ0v) is 12.2. The molecule has 2 N–H and O–H groups in total. The molecule has 2 fully saturated rings. The van der Waals surface area contributed by atoms with Gasteiger partial charge < -0.3 is 5.73 Å². The average molecular weight is 311 g/mol. The van der Waals surface area contributed by atoms with Crippen LogP contribution in [0, 0.1) is 16.0 Å². The molecule has 1 saturated heterocycles. The largest absolute Gasteiger partial charge is 0.328 e. The first-order valence-corrected chi connectivity index (χ1v) is 8.34. The van der Waals surface area contributed by atoms with Gasteiger partial charge in [-0.3, -0.25) is 10.1 Å². The highest BCUT2D eigenvalue weighted by atomic mass is 32.2. The van der Waals surface area contributed by atoms with E-state index in [1.165, 1.54) is 28.6 Å². The summed E-state index contributed by atoms with van der Waals surface area (Å²) in [4.78, 5) is 10.2. The van der Waals surface area contributed by atoms with Gasteiger partial charge in [0.2, 0.25) is 10.0 Å². The zero-order chi connectivity index (χ0) is 15.2. The lowest BCUT2D eigenvalue weighted by Crippen LogP contribution is -2.38. The van der Waals surface area contributed by atoms with Gasteiger partial charge in [0.15, 0.2) is 4.90 Å². The lowest BCUT2D eigenvalue weighted by Gasteiger charge is -2.26. The van der Waals surface area contributed by atoms with Crippen molar-refractivity contribution in [2.75, 3.05) is 6.54 Å². The van der Waals surface area contributed by atoms with Crippen LogP contribution in [0.1, 0.15) is 19.3 Å². The molecule has 1 aliphatic heterocycles. The van der Waals surface area contributed by atoms with Gasteiger partial charge in [0, 0.05) is 24.7 Å². The van der Waals surface area contributed by atoms with Crippen molar-refractivity contribution in [3.05, 3.63) is 34.4 Å². The predicted octanol–water partition coefficient (Wildman–Crippen LogP) is 1.10. The number of sulfonamides is 1. The second-order valence-electron chi connectivity index (χ2n) is 5.79. The van der Waals surface area contributed by atoms with E-state index in [1.54, 1.807) is 0 Å². The van der Waals surface area contributed by atoms with Crippen molar-refractivity contribution in [1.82, 2.24) is 4.31 Å². The molecule has 0 aromatic heterocycles. The van der Waals surface area contributed by atoms with E-state index in [0.29, 0.717) is 13.0 Å². The first-order valence-electron chi connectivity index (χ1n) is 6.90. The van der Waals surface area contributed by atoms with Gasteiger partial charge >= 0.3 is 0 Å². The third kappa shape index (κ3) is 2.43. The summed E-state index contributed by atoms with van der Waals surface area (Å²) in [5, 5.41) is 11.1. The van der Waals surface area contributed by atoms with E-state index in [1.807, 2.05) is 0 Å². The van der Waals surface area contributed by atoms with Crippen molar-refractivity contribution in [2.45, 2.75) is 36.2 Å². The molecule has 1 saturated carbocycles. The summed E-state index contributed by atoms with van der Waals surface area (Å²) >= 11 is 0. The summed E-state index contributed by atoms with van der Waals surface area (Å²) in [7, 11) is -3.86. The van der Waals surface area contributed by atoms with Crippen LogP contribution in [-0.2, 0) is 10.0 Å². The maximum absolute atomic E-state index is 12.8. The van der Waals surface area contributed by atoms with Crippen molar-refractivity contribution < 1.29 is 13.3 Å². The number of hydrogen-bond acceptors (Lipinski definition) is 5. The minimum absolute atomic E-state index is 0.0136. The van der Waals surface area contributed by atoms with Crippen molar-refractivity contribution in [3.8, 4) is 0 Å². The smallest absolute Gasteiger partial charge is 0.289 e. The quantitative estimate of drug-likeness (QED) is 0.664. The maximum atomic E-state index is 12.8. The number of hydrogen-bond donors (Lipinski definition) is 1. The molecule has 7 nitrogen and oxygen atoms in total. The molecule has 1 aromatic rings. The van der Waals surface area contributed by atoms with E-state index in [2.05, 4.69) is 0 Å². The third-order valence-corrected chi connectivity index (χ3v) is 6.28. The Hall–Kier alpha value is -1.51. The fraction of sp³-hybridized carbons (Fsp3) is 0.538. The summed E-state index contributed by atoms with van der Waals surface area (Å²) in [5.41, 5.74) is 5.58. The fourth-order valence-corrected chi connectivity index (χ4v) is 5.37. The molecule has 21 heavy (non-hydrogen) atoms. The molecule has 114 valence electrons. The molecule has 3 atom stereocenters. The topological polar surface area (TPSA) is 107 Å². The molecule has 1 aromatic carbocycles. The zero-order valence-electron chi connectivity index (χ0n) is 11.4. The Kier molecular flexibility index (Phi) is 3.46. The van der Waals surface area contributed by atoms with Gasteiger partial charge in [0.25, 0.3) is 5.69 Å². The highest BCUT2D eigenvalue weighted by Gasteiger charge is 2.45. The number of nitrogens with two attached hydrogens (primary N) is 1. The summed E-state index contributed by atoms with van der Waals surface area (Å²) < 4.78 is 27.0. The highest BCUT2D eigenvalue weighted by Crippen LogP contribution is 2.39. The Balaban J connectivity index is 2.00. The van der Waals surface area contributed by atoms with Gasteiger partial charge in [-0.05, 0) is 31.2 Å². The lowest BCUT2D eigenvalue weighted by atomic mass is 9.87. The molecular formula is C13H17N3O4S. The molecule has 2 bridgehead atoms. The van der Waals surface area contributed by atoms with Crippen LogP contribution in [0.4, 0.5) is 5.69 Å². The van der Waals surface area contributed by atoms with Gasteiger partial charge in [-0.15, -0.1) is 0 Å². The van der Waals surface area contributed by atoms with Crippen LogP contribution < -0.4 is 5.73 Å². The minimum Gasteiger partial charge on any atom is -0.328 e. The van der Waals surface area contributed by atoms with Crippen LogP contribution in [0.3, 0.4) is 0 Å². The number of rotatable bonds is 3. The monoisotopic (exact) mass is 311 g/mol. The third-order valence-electron chi connectivity index (χ3n) is 4.31. The molecule has 3 unspecified atom stereocenters. The minimum atomic E-state index is -3.86. The van der Waals surface area contributed by atoms with Crippen molar-refractivity contribution >= 4 is 15.7 Å². The van der Waals surface area contributed by atoms with Gasteiger partial charge in [0.1, 0.15) is 0 Å². The Labute approximate surface area is 122 Å². The standard InChI is InChI=1S/C13H17N3O4S/c14-10-5-9-6-11(7-10)15(8-9)21(19,20)13-4-2-1-3-12(13)16(17)18/h1-4,9-11H,5-8,14H2. The second-order valence-corrected chi connectivity index (χ2v) is 7.65. The lowest BCUT2D eigenvalue weighted by molar-refractivity contribution is -0.387. The Morgan fingerprint density at radius 2 is 1.95 bits per heavy atom.